The number of fused-ring (bicyclic) bond motifs is 3. The summed E-state index contributed by atoms with van der Waals surface area (Å²) in [5.74, 6) is 0. The Kier molecular flexibility index (Phi) is 3.11. The van der Waals surface area contributed by atoms with Crippen molar-refractivity contribution in [2.24, 2.45) is 0 Å². The second-order valence-corrected chi connectivity index (χ2v) is 6.30. The van der Waals surface area contributed by atoms with E-state index in [1.165, 1.54) is 30.9 Å². The number of hydrogen-bond donors (Lipinski definition) is 0. The lowest BCUT2D eigenvalue weighted by atomic mass is 9.96. The van der Waals surface area contributed by atoms with Gasteiger partial charge in [0.25, 0.3) is 0 Å². The lowest BCUT2D eigenvalue weighted by Gasteiger charge is -2.10. The number of rotatable bonds is 1. The molecule has 21 heavy (non-hydrogen) atoms. The first-order valence-electron chi connectivity index (χ1n) is 6.85. The number of aromatic nitrogens is 1. The van der Waals surface area contributed by atoms with Crippen molar-refractivity contribution in [2.45, 2.75) is 0 Å². The number of nitrogens with zero attached hydrogens (tertiary/aromatic N) is 1. The quantitative estimate of drug-likeness (QED) is 0.306. The number of hydrogen-bond acceptors (Lipinski definition) is 1. The Morgan fingerprint density at radius 1 is 0.762 bits per heavy atom. The molecule has 0 atom stereocenters. The maximum Gasteiger partial charge on any atom is 0.0786 e. The Hall–Kier alpha value is -1.94. The Bertz CT molecular complexity index is 960. The normalized spacial score (nSPS) is 11.1. The summed E-state index contributed by atoms with van der Waals surface area (Å²) in [5.41, 5.74) is 3.56. The van der Waals surface area contributed by atoms with Gasteiger partial charge in [-0.2, -0.15) is 0 Å². The highest BCUT2D eigenvalue weighted by Gasteiger charge is 2.08. The third-order valence-corrected chi connectivity index (χ3v) is 4.42. The summed E-state index contributed by atoms with van der Waals surface area (Å²) in [6.45, 7) is 0. The van der Waals surface area contributed by atoms with Crippen LogP contribution in [0.1, 0.15) is 0 Å². The van der Waals surface area contributed by atoms with Crippen molar-refractivity contribution in [1.29, 1.82) is 0 Å². The van der Waals surface area contributed by atoms with Crippen molar-refractivity contribution in [3.05, 3.63) is 76.5 Å². The molecule has 0 amide bonds. The molecule has 4 aromatic rings. The molecule has 0 saturated heterocycles. The van der Waals surface area contributed by atoms with Gasteiger partial charge in [-0.1, -0.05) is 48.5 Å². The first-order chi connectivity index (χ1) is 10.3. The van der Waals surface area contributed by atoms with Crippen LogP contribution >= 0.6 is 22.6 Å². The fourth-order valence-electron chi connectivity index (χ4n) is 2.81. The van der Waals surface area contributed by atoms with Gasteiger partial charge in [-0.05, 0) is 57.3 Å². The van der Waals surface area contributed by atoms with E-state index in [9.17, 15) is 0 Å². The van der Waals surface area contributed by atoms with Gasteiger partial charge in [0.05, 0.1) is 5.52 Å². The number of pyridine rings is 1. The van der Waals surface area contributed by atoms with Gasteiger partial charge in [-0.25, -0.2) is 0 Å². The first-order valence-corrected chi connectivity index (χ1v) is 7.93. The molecule has 0 aliphatic carbocycles. The fraction of sp³-hybridized carbons (Fsp3) is 0. The minimum Gasteiger partial charge on any atom is -0.256 e. The standard InChI is InChI=1S/C19H12IN/c20-16-7-1-5-15(12-16)17-8-2-4-13-9-10-14-6-3-11-21-19(14)18(13)17/h1-12H. The lowest BCUT2D eigenvalue weighted by molar-refractivity contribution is 1.43. The summed E-state index contributed by atoms with van der Waals surface area (Å²) < 4.78 is 1.25. The molecule has 4 rings (SSSR count). The second kappa shape index (κ2) is 5.11. The molecular weight excluding hydrogens is 369 g/mol. The molecular formula is C19H12IN. The van der Waals surface area contributed by atoms with Crippen molar-refractivity contribution in [3.63, 3.8) is 0 Å². The van der Waals surface area contributed by atoms with Gasteiger partial charge in [-0.3, -0.25) is 4.98 Å². The van der Waals surface area contributed by atoms with Gasteiger partial charge in [0.15, 0.2) is 0 Å². The Labute approximate surface area is 136 Å². The zero-order valence-corrected chi connectivity index (χ0v) is 13.4. The second-order valence-electron chi connectivity index (χ2n) is 5.05. The molecule has 0 aliphatic heterocycles. The van der Waals surface area contributed by atoms with Crippen LogP contribution in [-0.4, -0.2) is 4.98 Å². The summed E-state index contributed by atoms with van der Waals surface area (Å²) in [6.07, 6.45) is 1.87. The summed E-state index contributed by atoms with van der Waals surface area (Å²) in [7, 11) is 0. The zero-order chi connectivity index (χ0) is 14.2. The first kappa shape index (κ1) is 12.8. The van der Waals surface area contributed by atoms with Crippen LogP contribution in [-0.2, 0) is 0 Å². The lowest BCUT2D eigenvalue weighted by Crippen LogP contribution is -1.86. The summed E-state index contributed by atoms with van der Waals surface area (Å²) >= 11 is 2.36. The van der Waals surface area contributed by atoms with Crippen LogP contribution in [0.4, 0.5) is 0 Å². The van der Waals surface area contributed by atoms with E-state index in [1.54, 1.807) is 0 Å². The highest BCUT2D eigenvalue weighted by atomic mass is 127. The molecule has 0 aliphatic rings. The number of benzene rings is 3. The molecule has 0 bridgehead atoms. The minimum absolute atomic E-state index is 1.07. The molecule has 100 valence electrons. The molecule has 0 saturated carbocycles. The fourth-order valence-corrected chi connectivity index (χ4v) is 3.35. The van der Waals surface area contributed by atoms with Crippen molar-refractivity contribution < 1.29 is 0 Å². The van der Waals surface area contributed by atoms with E-state index in [-0.39, 0.29) is 0 Å². The molecule has 1 heterocycles. The predicted octanol–water partition coefficient (Wildman–Crippen LogP) is 5.66. The zero-order valence-electron chi connectivity index (χ0n) is 11.3. The van der Waals surface area contributed by atoms with E-state index in [4.69, 9.17) is 0 Å². The maximum absolute atomic E-state index is 4.62. The molecule has 1 aromatic heterocycles. The molecule has 1 nitrogen and oxygen atoms in total. The summed E-state index contributed by atoms with van der Waals surface area (Å²) in [4.78, 5) is 4.62. The minimum atomic E-state index is 1.07. The van der Waals surface area contributed by atoms with Crippen LogP contribution < -0.4 is 0 Å². The molecule has 0 spiro atoms. The topological polar surface area (TPSA) is 12.9 Å². The highest BCUT2D eigenvalue weighted by Crippen LogP contribution is 2.33. The SMILES string of the molecule is Ic1cccc(-c2cccc3ccc4cccnc4c23)c1. The van der Waals surface area contributed by atoms with Crippen molar-refractivity contribution in [3.8, 4) is 11.1 Å². The van der Waals surface area contributed by atoms with Gasteiger partial charge in [-0.15, -0.1) is 0 Å². The van der Waals surface area contributed by atoms with E-state index < -0.39 is 0 Å². The van der Waals surface area contributed by atoms with E-state index in [1.807, 2.05) is 12.3 Å². The van der Waals surface area contributed by atoms with E-state index in [0.717, 1.165) is 5.52 Å². The summed E-state index contributed by atoms with van der Waals surface area (Å²) in [6, 6.07) is 23.5. The van der Waals surface area contributed by atoms with Crippen molar-refractivity contribution >= 4 is 44.3 Å². The van der Waals surface area contributed by atoms with E-state index >= 15 is 0 Å². The third-order valence-electron chi connectivity index (χ3n) is 3.75. The van der Waals surface area contributed by atoms with Gasteiger partial charge in [0, 0.05) is 20.5 Å². The van der Waals surface area contributed by atoms with Crippen LogP contribution in [0.5, 0.6) is 0 Å². The Morgan fingerprint density at radius 2 is 1.57 bits per heavy atom. The van der Waals surface area contributed by atoms with Crippen LogP contribution in [0.25, 0.3) is 32.8 Å². The molecule has 3 aromatic carbocycles. The Morgan fingerprint density at radius 3 is 2.48 bits per heavy atom. The average molecular weight is 381 g/mol. The molecule has 0 fully saturated rings. The Balaban J connectivity index is 2.16. The van der Waals surface area contributed by atoms with Crippen molar-refractivity contribution in [2.75, 3.05) is 0 Å². The van der Waals surface area contributed by atoms with E-state index in [0.29, 0.717) is 0 Å². The molecule has 2 heteroatoms. The van der Waals surface area contributed by atoms with Crippen LogP contribution in [0.15, 0.2) is 72.9 Å². The summed E-state index contributed by atoms with van der Waals surface area (Å²) in [5, 5.41) is 3.65. The van der Waals surface area contributed by atoms with Crippen LogP contribution in [0.2, 0.25) is 0 Å². The maximum atomic E-state index is 4.62. The van der Waals surface area contributed by atoms with Gasteiger partial charge in [0.1, 0.15) is 0 Å². The monoisotopic (exact) mass is 381 g/mol. The predicted molar refractivity (Wildman–Crippen MR) is 97.4 cm³/mol. The van der Waals surface area contributed by atoms with Crippen molar-refractivity contribution in [1.82, 2.24) is 4.98 Å². The average Bonchev–Trinajstić information content (AvgIpc) is 2.54. The smallest absolute Gasteiger partial charge is 0.0786 e. The largest absolute Gasteiger partial charge is 0.256 e. The third kappa shape index (κ3) is 2.20. The van der Waals surface area contributed by atoms with E-state index in [2.05, 4.69) is 88.2 Å². The number of halogens is 1. The van der Waals surface area contributed by atoms with Gasteiger partial charge in [0.2, 0.25) is 0 Å². The van der Waals surface area contributed by atoms with Gasteiger partial charge >= 0.3 is 0 Å². The van der Waals surface area contributed by atoms with Gasteiger partial charge < -0.3 is 0 Å². The highest BCUT2D eigenvalue weighted by molar-refractivity contribution is 14.1. The van der Waals surface area contributed by atoms with Crippen LogP contribution in [0.3, 0.4) is 0 Å². The molecule has 0 unspecified atom stereocenters. The molecule has 0 N–H and O–H groups in total. The van der Waals surface area contributed by atoms with Crippen LogP contribution in [0, 0.1) is 3.57 Å². The molecule has 0 radical (unpaired) electrons.